The minimum atomic E-state index is 0.142. The Morgan fingerprint density at radius 2 is 1.87 bits per heavy atom. The van der Waals surface area contributed by atoms with Gasteiger partial charge in [-0.25, -0.2) is 19.2 Å². The Morgan fingerprint density at radius 3 is 2.67 bits per heavy atom. The maximum Gasteiger partial charge on any atom is 0.192 e. The summed E-state index contributed by atoms with van der Waals surface area (Å²) < 4.78 is 8.53. The molecule has 0 saturated carbocycles. The summed E-state index contributed by atoms with van der Waals surface area (Å²) in [5.41, 5.74) is 3.21. The summed E-state index contributed by atoms with van der Waals surface area (Å²) in [5, 5.41) is 13.6. The second-order valence-corrected chi connectivity index (χ2v) is 6.45. The zero-order valence-electron chi connectivity index (χ0n) is 16.1. The number of rotatable bonds is 6. The first-order chi connectivity index (χ1) is 14.8. The lowest BCUT2D eigenvalue weighted by atomic mass is 10.2. The van der Waals surface area contributed by atoms with E-state index in [1.165, 1.54) is 0 Å². The Kier molecular flexibility index (Phi) is 4.53. The predicted octanol–water partition coefficient (Wildman–Crippen LogP) is 3.02. The van der Waals surface area contributed by atoms with E-state index >= 15 is 0 Å². The second kappa shape index (κ2) is 7.63. The number of fused-ring (bicyclic) bond motifs is 3. The molecule has 5 aromatic rings. The Balaban J connectivity index is 1.35. The predicted molar refractivity (Wildman–Crippen MR) is 111 cm³/mol. The minimum absolute atomic E-state index is 0.142. The number of ether oxygens (including phenoxy) is 1. The molecule has 0 aliphatic heterocycles. The molecule has 5 rings (SSSR count). The van der Waals surface area contributed by atoms with Gasteiger partial charge in [-0.1, -0.05) is 23.4 Å². The van der Waals surface area contributed by atoms with Gasteiger partial charge in [0.2, 0.25) is 0 Å². The van der Waals surface area contributed by atoms with Gasteiger partial charge in [0.1, 0.15) is 12.1 Å². The highest BCUT2D eigenvalue weighted by Crippen LogP contribution is 2.19. The van der Waals surface area contributed by atoms with Crippen LogP contribution >= 0.6 is 0 Å². The van der Waals surface area contributed by atoms with Crippen LogP contribution in [0.2, 0.25) is 0 Å². The fourth-order valence-corrected chi connectivity index (χ4v) is 3.07. The molecule has 0 saturated heterocycles. The summed E-state index contributed by atoms with van der Waals surface area (Å²) in [5.74, 6) is 1.29. The lowest BCUT2D eigenvalue weighted by Crippen LogP contribution is -1.98. The van der Waals surface area contributed by atoms with Crippen LogP contribution in [0.15, 0.2) is 72.3 Å². The molecule has 3 heterocycles. The number of benzene rings is 2. The summed E-state index contributed by atoms with van der Waals surface area (Å²) in [6.07, 6.45) is 4.99. The molecule has 3 aromatic heterocycles. The molecule has 9 nitrogen and oxygen atoms in total. The molecule has 0 spiro atoms. The molecule has 0 aliphatic rings. The molecular formula is C21H17N7O2. The normalized spacial score (nSPS) is 11.5. The number of oxime groups is 1. The van der Waals surface area contributed by atoms with Crippen LogP contribution in [0.1, 0.15) is 11.4 Å². The SMILES string of the molecule is COc1ccc(/C=N/OCc2nc3c4cnn(-c5ccccc5)c4ncn3n2)cc1. The second-order valence-electron chi connectivity index (χ2n) is 6.45. The van der Waals surface area contributed by atoms with E-state index in [1.807, 2.05) is 54.6 Å². The van der Waals surface area contributed by atoms with Crippen LogP contribution in [0.25, 0.3) is 22.4 Å². The first-order valence-corrected chi connectivity index (χ1v) is 9.24. The number of nitrogens with zero attached hydrogens (tertiary/aromatic N) is 7. The van der Waals surface area contributed by atoms with Gasteiger partial charge in [0.25, 0.3) is 0 Å². The van der Waals surface area contributed by atoms with Crippen LogP contribution in [-0.4, -0.2) is 42.7 Å². The Hall–Kier alpha value is -4.27. The fourth-order valence-electron chi connectivity index (χ4n) is 3.07. The van der Waals surface area contributed by atoms with E-state index in [2.05, 4.69) is 25.3 Å². The molecule has 30 heavy (non-hydrogen) atoms. The Morgan fingerprint density at radius 1 is 1.03 bits per heavy atom. The van der Waals surface area contributed by atoms with Crippen LogP contribution < -0.4 is 4.74 Å². The summed E-state index contributed by atoms with van der Waals surface area (Å²) in [7, 11) is 1.63. The maximum absolute atomic E-state index is 5.35. The number of aromatic nitrogens is 6. The van der Waals surface area contributed by atoms with Gasteiger partial charge >= 0.3 is 0 Å². The van der Waals surface area contributed by atoms with E-state index in [1.54, 1.807) is 35.0 Å². The summed E-state index contributed by atoms with van der Waals surface area (Å²) in [6.45, 7) is 0.142. The lowest BCUT2D eigenvalue weighted by molar-refractivity contribution is 0.126. The minimum Gasteiger partial charge on any atom is -0.497 e. The lowest BCUT2D eigenvalue weighted by Gasteiger charge is -2.01. The van der Waals surface area contributed by atoms with Gasteiger partial charge in [0, 0.05) is 0 Å². The van der Waals surface area contributed by atoms with E-state index in [4.69, 9.17) is 9.57 Å². The van der Waals surface area contributed by atoms with E-state index < -0.39 is 0 Å². The average Bonchev–Trinajstić information content (AvgIpc) is 3.41. The molecule has 148 valence electrons. The van der Waals surface area contributed by atoms with E-state index in [9.17, 15) is 0 Å². The van der Waals surface area contributed by atoms with Crippen molar-refractivity contribution in [3.05, 3.63) is 78.5 Å². The third-order valence-electron chi connectivity index (χ3n) is 4.54. The highest BCUT2D eigenvalue weighted by molar-refractivity contribution is 5.89. The molecule has 9 heteroatoms. The van der Waals surface area contributed by atoms with Gasteiger partial charge < -0.3 is 9.57 Å². The molecule has 0 atom stereocenters. The van der Waals surface area contributed by atoms with E-state index in [-0.39, 0.29) is 6.61 Å². The smallest absolute Gasteiger partial charge is 0.192 e. The third kappa shape index (κ3) is 3.32. The van der Waals surface area contributed by atoms with Crippen LogP contribution in [0.4, 0.5) is 0 Å². The van der Waals surface area contributed by atoms with Crippen molar-refractivity contribution in [1.82, 2.24) is 29.4 Å². The monoisotopic (exact) mass is 399 g/mol. The molecule has 0 bridgehead atoms. The van der Waals surface area contributed by atoms with Crippen molar-refractivity contribution in [3.8, 4) is 11.4 Å². The molecule has 0 fully saturated rings. The van der Waals surface area contributed by atoms with Gasteiger partial charge in [-0.15, -0.1) is 5.10 Å². The van der Waals surface area contributed by atoms with Crippen molar-refractivity contribution >= 4 is 22.9 Å². The average molecular weight is 399 g/mol. The largest absolute Gasteiger partial charge is 0.497 e. The van der Waals surface area contributed by atoms with Gasteiger partial charge in [0.15, 0.2) is 23.7 Å². The number of hydrogen-bond acceptors (Lipinski definition) is 7. The van der Waals surface area contributed by atoms with Crippen molar-refractivity contribution in [2.75, 3.05) is 7.11 Å². The summed E-state index contributed by atoms with van der Waals surface area (Å²) in [6, 6.07) is 17.3. The van der Waals surface area contributed by atoms with Crippen molar-refractivity contribution in [1.29, 1.82) is 0 Å². The molecule has 0 unspecified atom stereocenters. The number of methoxy groups -OCH3 is 1. The number of hydrogen-bond donors (Lipinski definition) is 0. The van der Waals surface area contributed by atoms with Crippen LogP contribution in [0, 0.1) is 0 Å². The van der Waals surface area contributed by atoms with Crippen LogP contribution in [-0.2, 0) is 11.4 Å². The van der Waals surface area contributed by atoms with Gasteiger partial charge in [0.05, 0.1) is 30.6 Å². The molecule has 0 amide bonds. The van der Waals surface area contributed by atoms with Crippen LogP contribution in [0.3, 0.4) is 0 Å². The van der Waals surface area contributed by atoms with Crippen molar-refractivity contribution in [3.63, 3.8) is 0 Å². The zero-order chi connectivity index (χ0) is 20.3. The van der Waals surface area contributed by atoms with Gasteiger partial charge in [-0.3, -0.25) is 0 Å². The third-order valence-corrected chi connectivity index (χ3v) is 4.54. The summed E-state index contributed by atoms with van der Waals surface area (Å²) >= 11 is 0. The molecular weight excluding hydrogens is 382 g/mol. The topological polar surface area (TPSA) is 91.7 Å². The first-order valence-electron chi connectivity index (χ1n) is 9.24. The first kappa shape index (κ1) is 17.8. The Bertz CT molecular complexity index is 1320. The van der Waals surface area contributed by atoms with Gasteiger partial charge in [-0.05, 0) is 42.0 Å². The summed E-state index contributed by atoms with van der Waals surface area (Å²) in [4.78, 5) is 14.4. The Labute approximate surface area is 171 Å². The van der Waals surface area contributed by atoms with Crippen molar-refractivity contribution < 1.29 is 9.57 Å². The standard InChI is InChI=1S/C21H17N7O2/c1-29-17-9-7-15(8-10-17)11-24-30-13-19-25-21-18-12-23-28(16-5-3-2-4-6-16)20(18)22-14-27(21)26-19/h2-12,14H,13H2,1H3/b24-11+. The molecule has 0 aliphatic carbocycles. The molecule has 0 radical (unpaired) electrons. The highest BCUT2D eigenvalue weighted by Gasteiger charge is 2.13. The fraction of sp³-hybridized carbons (Fsp3) is 0.0952. The molecule has 2 aromatic carbocycles. The maximum atomic E-state index is 5.35. The van der Waals surface area contributed by atoms with E-state index in [0.717, 1.165) is 22.4 Å². The van der Waals surface area contributed by atoms with Crippen LogP contribution in [0.5, 0.6) is 5.75 Å². The molecule has 0 N–H and O–H groups in total. The highest BCUT2D eigenvalue weighted by atomic mass is 16.6. The quantitative estimate of drug-likeness (QED) is 0.322. The van der Waals surface area contributed by atoms with E-state index in [0.29, 0.717) is 17.1 Å². The number of para-hydroxylation sites is 1. The van der Waals surface area contributed by atoms with Gasteiger partial charge in [-0.2, -0.15) is 5.10 Å². The van der Waals surface area contributed by atoms with Crippen molar-refractivity contribution in [2.24, 2.45) is 5.16 Å². The van der Waals surface area contributed by atoms with Crippen molar-refractivity contribution in [2.45, 2.75) is 6.61 Å². The zero-order valence-corrected chi connectivity index (χ0v) is 16.1.